The molecule has 1 aliphatic rings. The molecule has 0 aliphatic carbocycles. The summed E-state index contributed by atoms with van der Waals surface area (Å²) in [6.07, 6.45) is 6.13. The molecule has 1 aromatic heterocycles. The molecule has 2 aromatic rings. The number of fused-ring (bicyclic) bond motifs is 1. The van der Waals surface area contributed by atoms with E-state index in [9.17, 15) is 0 Å². The summed E-state index contributed by atoms with van der Waals surface area (Å²) in [4.78, 5) is 7.66. The first kappa shape index (κ1) is 25.4. The topological polar surface area (TPSA) is 25.4 Å². The molecule has 1 unspecified atom stereocenters. The maximum absolute atomic E-state index is 5.86. The third-order valence-electron chi connectivity index (χ3n) is 6.41. The highest BCUT2D eigenvalue weighted by molar-refractivity contribution is 5.67. The Hall–Kier alpha value is -1.87. The zero-order chi connectivity index (χ0) is 22.9. The molecule has 0 saturated heterocycles. The van der Waals surface area contributed by atoms with Gasteiger partial charge >= 0.3 is 0 Å². The van der Waals surface area contributed by atoms with Gasteiger partial charge in [0.15, 0.2) is 0 Å². The van der Waals surface area contributed by atoms with Crippen molar-refractivity contribution in [3.8, 4) is 17.0 Å². The maximum atomic E-state index is 5.86. The number of ether oxygens (including phenoxy) is 1. The Labute approximate surface area is 191 Å². The van der Waals surface area contributed by atoms with Gasteiger partial charge in [0, 0.05) is 24.1 Å². The molecular weight excluding hydrogens is 380 g/mol. The number of hydrogen-bond acceptors (Lipinski definition) is 3. The van der Waals surface area contributed by atoms with Gasteiger partial charge in [-0.25, -0.2) is 0 Å². The molecule has 3 rings (SSSR count). The second-order valence-electron chi connectivity index (χ2n) is 8.92. The fraction of sp³-hybridized carbons (Fsp3) is 0.607. The second-order valence-corrected chi connectivity index (χ2v) is 8.92. The minimum Gasteiger partial charge on any atom is -0.493 e. The standard InChI is InChI=1S/C25H36N2O.C3H8/c1-6-16-25(19(7-2)8-3)18-27(5)17-23-21(25)14-15-22(26-23)20-12-10-11-13-24(20)28-9-4;1-3-2/h10-15,19H,6-9,16-18H2,1-5H3;3H2,1-2H3. The van der Waals surface area contributed by atoms with E-state index < -0.39 is 0 Å². The molecule has 1 aliphatic heterocycles. The Balaban J connectivity index is 0.00000107. The molecule has 2 heterocycles. The van der Waals surface area contributed by atoms with Crippen LogP contribution in [0.3, 0.4) is 0 Å². The molecule has 0 radical (unpaired) electrons. The van der Waals surface area contributed by atoms with Crippen molar-refractivity contribution in [2.24, 2.45) is 5.92 Å². The van der Waals surface area contributed by atoms with Crippen LogP contribution in [0.1, 0.15) is 84.9 Å². The second kappa shape index (κ2) is 12.2. The molecule has 0 spiro atoms. The molecule has 0 saturated carbocycles. The van der Waals surface area contributed by atoms with Crippen molar-refractivity contribution in [2.75, 3.05) is 20.2 Å². The van der Waals surface area contributed by atoms with Gasteiger partial charge in [-0.3, -0.25) is 9.88 Å². The van der Waals surface area contributed by atoms with Crippen molar-refractivity contribution >= 4 is 0 Å². The highest BCUT2D eigenvalue weighted by Gasteiger charge is 2.43. The highest BCUT2D eigenvalue weighted by Crippen LogP contribution is 2.45. The summed E-state index contributed by atoms with van der Waals surface area (Å²) in [5.74, 6) is 1.61. The summed E-state index contributed by atoms with van der Waals surface area (Å²) >= 11 is 0. The van der Waals surface area contributed by atoms with E-state index in [1.165, 1.54) is 43.4 Å². The minimum atomic E-state index is 0.214. The third-order valence-corrected chi connectivity index (χ3v) is 6.41. The predicted molar refractivity (Wildman–Crippen MR) is 134 cm³/mol. The van der Waals surface area contributed by atoms with Crippen LogP contribution < -0.4 is 4.74 Å². The van der Waals surface area contributed by atoms with Crippen LogP contribution in [0.4, 0.5) is 0 Å². The zero-order valence-electron chi connectivity index (χ0n) is 21.0. The number of aromatic nitrogens is 1. The number of nitrogens with zero attached hydrogens (tertiary/aromatic N) is 2. The Morgan fingerprint density at radius 2 is 1.68 bits per heavy atom. The molecule has 0 bridgehead atoms. The van der Waals surface area contributed by atoms with Gasteiger partial charge in [0.2, 0.25) is 0 Å². The normalized spacial score (nSPS) is 18.3. The van der Waals surface area contributed by atoms with Crippen molar-refractivity contribution in [3.63, 3.8) is 0 Å². The van der Waals surface area contributed by atoms with Gasteiger partial charge in [-0.2, -0.15) is 0 Å². The van der Waals surface area contributed by atoms with E-state index in [-0.39, 0.29) is 5.41 Å². The van der Waals surface area contributed by atoms with Crippen molar-refractivity contribution in [2.45, 2.75) is 85.6 Å². The number of rotatable bonds is 8. The third kappa shape index (κ3) is 5.68. The van der Waals surface area contributed by atoms with Crippen LogP contribution in [0.25, 0.3) is 11.3 Å². The molecule has 31 heavy (non-hydrogen) atoms. The van der Waals surface area contributed by atoms with Crippen molar-refractivity contribution in [1.29, 1.82) is 0 Å². The van der Waals surface area contributed by atoms with E-state index in [1.54, 1.807) is 0 Å². The predicted octanol–water partition coefficient (Wildman–Crippen LogP) is 7.48. The molecule has 172 valence electrons. The number of para-hydroxylation sites is 1. The Morgan fingerprint density at radius 3 is 2.29 bits per heavy atom. The average Bonchev–Trinajstić information content (AvgIpc) is 2.75. The fourth-order valence-corrected chi connectivity index (χ4v) is 5.35. The van der Waals surface area contributed by atoms with Gasteiger partial charge in [0.05, 0.1) is 18.0 Å². The van der Waals surface area contributed by atoms with E-state index in [2.05, 4.69) is 70.8 Å². The molecule has 3 heteroatoms. The van der Waals surface area contributed by atoms with Crippen LogP contribution >= 0.6 is 0 Å². The van der Waals surface area contributed by atoms with Crippen LogP contribution in [-0.4, -0.2) is 30.1 Å². The lowest BCUT2D eigenvalue weighted by Crippen LogP contribution is -2.49. The lowest BCUT2D eigenvalue weighted by atomic mass is 9.63. The number of likely N-dealkylation sites (N-methyl/N-ethyl adjacent to an activating group) is 1. The quantitative estimate of drug-likeness (QED) is 0.439. The first-order valence-electron chi connectivity index (χ1n) is 12.4. The van der Waals surface area contributed by atoms with Crippen molar-refractivity contribution in [3.05, 3.63) is 47.7 Å². The van der Waals surface area contributed by atoms with Crippen molar-refractivity contribution in [1.82, 2.24) is 9.88 Å². The number of pyridine rings is 1. The van der Waals surface area contributed by atoms with Crippen LogP contribution in [0.2, 0.25) is 0 Å². The SMILES string of the molecule is CCC.CCCC1(C(CC)CC)CN(C)Cc2nc(-c3ccccc3OCC)ccc21. The summed E-state index contributed by atoms with van der Waals surface area (Å²) in [5, 5.41) is 0. The lowest BCUT2D eigenvalue weighted by molar-refractivity contribution is 0.129. The van der Waals surface area contributed by atoms with E-state index in [4.69, 9.17) is 9.72 Å². The lowest BCUT2D eigenvalue weighted by Gasteiger charge is -2.47. The smallest absolute Gasteiger partial charge is 0.128 e. The first-order valence-corrected chi connectivity index (χ1v) is 12.4. The molecule has 1 aromatic carbocycles. The van der Waals surface area contributed by atoms with Crippen molar-refractivity contribution < 1.29 is 4.74 Å². The molecular formula is C28H44N2O. The highest BCUT2D eigenvalue weighted by atomic mass is 16.5. The monoisotopic (exact) mass is 424 g/mol. The van der Waals surface area contributed by atoms with Crippen LogP contribution in [-0.2, 0) is 12.0 Å². The van der Waals surface area contributed by atoms with Crippen LogP contribution in [0.15, 0.2) is 36.4 Å². The summed E-state index contributed by atoms with van der Waals surface area (Å²) < 4.78 is 5.86. The molecule has 1 atom stereocenters. The van der Waals surface area contributed by atoms with Gasteiger partial charge in [0.1, 0.15) is 5.75 Å². The van der Waals surface area contributed by atoms with Gasteiger partial charge in [-0.15, -0.1) is 0 Å². The van der Waals surface area contributed by atoms with E-state index >= 15 is 0 Å². The first-order chi connectivity index (χ1) is 15.0. The van der Waals surface area contributed by atoms with Crippen LogP contribution in [0.5, 0.6) is 5.75 Å². The summed E-state index contributed by atoms with van der Waals surface area (Å²) in [5.41, 5.74) is 5.06. The van der Waals surface area contributed by atoms with Gasteiger partial charge < -0.3 is 4.74 Å². The Kier molecular flexibility index (Phi) is 10.0. The van der Waals surface area contributed by atoms with Gasteiger partial charge in [0.25, 0.3) is 0 Å². The molecule has 3 nitrogen and oxygen atoms in total. The minimum absolute atomic E-state index is 0.214. The molecule has 0 fully saturated rings. The average molecular weight is 425 g/mol. The maximum Gasteiger partial charge on any atom is 0.128 e. The van der Waals surface area contributed by atoms with Gasteiger partial charge in [-0.1, -0.05) is 78.5 Å². The number of hydrogen-bond donors (Lipinski definition) is 0. The van der Waals surface area contributed by atoms with Gasteiger partial charge in [-0.05, 0) is 50.1 Å². The Morgan fingerprint density at radius 1 is 1.00 bits per heavy atom. The van der Waals surface area contributed by atoms with E-state index in [0.717, 1.165) is 30.1 Å². The molecule has 0 amide bonds. The fourth-order valence-electron chi connectivity index (χ4n) is 5.35. The Bertz CT molecular complexity index is 799. The summed E-state index contributed by atoms with van der Waals surface area (Å²) in [7, 11) is 2.25. The van der Waals surface area contributed by atoms with E-state index in [0.29, 0.717) is 12.5 Å². The summed E-state index contributed by atoms with van der Waals surface area (Å²) in [6, 6.07) is 12.8. The number of benzene rings is 1. The summed E-state index contributed by atoms with van der Waals surface area (Å²) in [6.45, 7) is 16.0. The largest absolute Gasteiger partial charge is 0.493 e. The zero-order valence-corrected chi connectivity index (χ0v) is 21.0. The molecule has 0 N–H and O–H groups in total. The van der Waals surface area contributed by atoms with Crippen LogP contribution in [0, 0.1) is 5.92 Å². The van der Waals surface area contributed by atoms with E-state index in [1.807, 2.05) is 19.1 Å².